The Morgan fingerprint density at radius 1 is 1.58 bits per heavy atom. The van der Waals surface area contributed by atoms with E-state index in [2.05, 4.69) is 26.0 Å². The first-order valence-electron chi connectivity index (χ1n) is 4.84. The minimum atomic E-state index is 0.278. The summed E-state index contributed by atoms with van der Waals surface area (Å²) in [5.74, 6) is 1.67. The van der Waals surface area contributed by atoms with Crippen LogP contribution in [0.4, 0.5) is 0 Å². The molecule has 0 unspecified atom stereocenters. The molecule has 0 fully saturated rings. The van der Waals surface area contributed by atoms with Gasteiger partial charge in [-0.3, -0.25) is 4.79 Å². The van der Waals surface area contributed by atoms with Crippen LogP contribution in [-0.2, 0) is 4.79 Å². The van der Waals surface area contributed by atoms with Gasteiger partial charge >= 0.3 is 0 Å². The van der Waals surface area contributed by atoms with Gasteiger partial charge < -0.3 is 0 Å². The van der Waals surface area contributed by atoms with Crippen LogP contribution in [0, 0.1) is 17.8 Å². The molecule has 0 N–H and O–H groups in total. The van der Waals surface area contributed by atoms with E-state index in [9.17, 15) is 4.79 Å². The van der Waals surface area contributed by atoms with E-state index in [0.29, 0.717) is 17.6 Å². The normalized spacial score (nSPS) is 35.1. The highest BCUT2D eigenvalue weighted by Gasteiger charge is 2.29. The molecule has 0 heterocycles. The fourth-order valence-corrected chi connectivity index (χ4v) is 2.25. The van der Waals surface area contributed by atoms with Crippen LogP contribution in [0.15, 0.2) is 12.2 Å². The van der Waals surface area contributed by atoms with Crippen LogP contribution in [0.25, 0.3) is 0 Å². The van der Waals surface area contributed by atoms with E-state index in [1.165, 1.54) is 0 Å². The number of ketones is 1. The summed E-state index contributed by atoms with van der Waals surface area (Å²) in [5.41, 5.74) is 0. The van der Waals surface area contributed by atoms with Crippen molar-refractivity contribution < 1.29 is 4.79 Å². The van der Waals surface area contributed by atoms with Crippen molar-refractivity contribution in [2.75, 3.05) is 0 Å². The van der Waals surface area contributed by atoms with Gasteiger partial charge in [0.1, 0.15) is 5.78 Å². The summed E-state index contributed by atoms with van der Waals surface area (Å²) in [4.78, 5) is 11.3. The Morgan fingerprint density at radius 2 is 2.25 bits per heavy atom. The molecular formula is C11H18O. The fourth-order valence-electron chi connectivity index (χ4n) is 2.25. The summed E-state index contributed by atoms with van der Waals surface area (Å²) in [6, 6.07) is 0. The van der Waals surface area contributed by atoms with Gasteiger partial charge in [0.2, 0.25) is 0 Å². The van der Waals surface area contributed by atoms with Gasteiger partial charge in [-0.25, -0.2) is 0 Å². The molecule has 1 rings (SSSR count). The van der Waals surface area contributed by atoms with Gasteiger partial charge in [0.15, 0.2) is 0 Å². The summed E-state index contributed by atoms with van der Waals surface area (Å²) in [6.07, 6.45) is 6.59. The summed E-state index contributed by atoms with van der Waals surface area (Å²) in [5, 5.41) is 0. The van der Waals surface area contributed by atoms with E-state index in [0.717, 1.165) is 12.8 Å². The van der Waals surface area contributed by atoms with E-state index >= 15 is 0 Å². The van der Waals surface area contributed by atoms with Crippen molar-refractivity contribution in [3.63, 3.8) is 0 Å². The zero-order chi connectivity index (χ0) is 9.14. The zero-order valence-electron chi connectivity index (χ0n) is 8.21. The SMILES string of the molecule is CC[C@H]1C=CC[C@H](C)[C@@H]1C(C)=O. The number of carbonyl (C=O) groups is 1. The zero-order valence-corrected chi connectivity index (χ0v) is 8.21. The van der Waals surface area contributed by atoms with Gasteiger partial charge in [-0.1, -0.05) is 26.0 Å². The van der Waals surface area contributed by atoms with Crippen LogP contribution in [0.2, 0.25) is 0 Å². The molecule has 0 spiro atoms. The van der Waals surface area contributed by atoms with Gasteiger partial charge in [0, 0.05) is 5.92 Å². The summed E-state index contributed by atoms with van der Waals surface area (Å²) >= 11 is 0. The molecule has 12 heavy (non-hydrogen) atoms. The minimum absolute atomic E-state index is 0.278. The smallest absolute Gasteiger partial charge is 0.133 e. The van der Waals surface area contributed by atoms with E-state index < -0.39 is 0 Å². The Kier molecular flexibility index (Phi) is 3.07. The molecule has 0 aromatic heterocycles. The Labute approximate surface area is 74.9 Å². The molecule has 0 bridgehead atoms. The topological polar surface area (TPSA) is 17.1 Å². The Balaban J connectivity index is 2.77. The van der Waals surface area contributed by atoms with E-state index in [1.807, 2.05) is 0 Å². The lowest BCUT2D eigenvalue weighted by Gasteiger charge is -2.30. The summed E-state index contributed by atoms with van der Waals surface area (Å²) in [6.45, 7) is 6.06. The molecule has 3 atom stereocenters. The van der Waals surface area contributed by atoms with Crippen molar-refractivity contribution in [1.82, 2.24) is 0 Å². The van der Waals surface area contributed by atoms with Crippen molar-refractivity contribution in [1.29, 1.82) is 0 Å². The van der Waals surface area contributed by atoms with Crippen molar-refractivity contribution in [2.24, 2.45) is 17.8 Å². The van der Waals surface area contributed by atoms with Gasteiger partial charge in [-0.15, -0.1) is 0 Å². The maximum atomic E-state index is 11.3. The summed E-state index contributed by atoms with van der Waals surface area (Å²) in [7, 11) is 0. The molecule has 0 saturated heterocycles. The van der Waals surface area contributed by atoms with Crippen molar-refractivity contribution in [3.8, 4) is 0 Å². The number of allylic oxidation sites excluding steroid dienone is 2. The summed E-state index contributed by atoms with van der Waals surface area (Å²) < 4.78 is 0. The highest BCUT2D eigenvalue weighted by molar-refractivity contribution is 5.79. The lowest BCUT2D eigenvalue weighted by atomic mass is 9.74. The molecule has 1 nitrogen and oxygen atoms in total. The second-order valence-corrected chi connectivity index (χ2v) is 3.85. The third kappa shape index (κ3) is 1.77. The second kappa shape index (κ2) is 3.88. The molecule has 0 aliphatic heterocycles. The molecule has 0 aromatic carbocycles. The second-order valence-electron chi connectivity index (χ2n) is 3.85. The third-order valence-electron chi connectivity index (χ3n) is 2.91. The largest absolute Gasteiger partial charge is 0.300 e. The Bertz CT molecular complexity index is 193. The maximum Gasteiger partial charge on any atom is 0.133 e. The molecule has 0 saturated carbocycles. The van der Waals surface area contributed by atoms with Crippen LogP contribution >= 0.6 is 0 Å². The predicted octanol–water partition coefficient (Wildman–Crippen LogP) is 2.81. The Hall–Kier alpha value is -0.590. The number of carbonyl (C=O) groups excluding carboxylic acids is 1. The lowest BCUT2D eigenvalue weighted by molar-refractivity contribution is -0.123. The molecule has 0 aromatic rings. The monoisotopic (exact) mass is 166 g/mol. The number of hydrogen-bond donors (Lipinski definition) is 0. The predicted molar refractivity (Wildman–Crippen MR) is 50.9 cm³/mol. The van der Waals surface area contributed by atoms with Crippen LogP contribution in [-0.4, -0.2) is 5.78 Å². The third-order valence-corrected chi connectivity index (χ3v) is 2.91. The van der Waals surface area contributed by atoms with Crippen LogP contribution in [0.1, 0.15) is 33.6 Å². The lowest BCUT2D eigenvalue weighted by Crippen LogP contribution is -2.29. The number of hydrogen-bond acceptors (Lipinski definition) is 1. The van der Waals surface area contributed by atoms with Gasteiger partial charge in [-0.2, -0.15) is 0 Å². The highest BCUT2D eigenvalue weighted by Crippen LogP contribution is 2.32. The van der Waals surface area contributed by atoms with Crippen molar-refractivity contribution in [2.45, 2.75) is 33.6 Å². The number of rotatable bonds is 2. The molecule has 0 amide bonds. The Morgan fingerprint density at radius 3 is 2.67 bits per heavy atom. The van der Waals surface area contributed by atoms with Gasteiger partial charge in [0.25, 0.3) is 0 Å². The first kappa shape index (κ1) is 9.50. The minimum Gasteiger partial charge on any atom is -0.300 e. The van der Waals surface area contributed by atoms with Crippen molar-refractivity contribution >= 4 is 5.78 Å². The average molecular weight is 166 g/mol. The van der Waals surface area contributed by atoms with E-state index in [4.69, 9.17) is 0 Å². The molecule has 1 aliphatic carbocycles. The molecular weight excluding hydrogens is 148 g/mol. The molecule has 1 aliphatic rings. The van der Waals surface area contributed by atoms with E-state index in [-0.39, 0.29) is 5.92 Å². The molecule has 68 valence electrons. The fraction of sp³-hybridized carbons (Fsp3) is 0.727. The highest BCUT2D eigenvalue weighted by atomic mass is 16.1. The molecule has 0 radical (unpaired) electrons. The number of Topliss-reactive ketones (excluding diaryl/α,β-unsaturated/α-hetero) is 1. The van der Waals surface area contributed by atoms with Gasteiger partial charge in [0.05, 0.1) is 0 Å². The quantitative estimate of drug-likeness (QED) is 0.576. The average Bonchev–Trinajstić information content (AvgIpc) is 2.03. The van der Waals surface area contributed by atoms with Crippen LogP contribution < -0.4 is 0 Å². The van der Waals surface area contributed by atoms with Crippen molar-refractivity contribution in [3.05, 3.63) is 12.2 Å². The first-order valence-corrected chi connectivity index (χ1v) is 4.84. The standard InChI is InChI=1S/C11H18O/c1-4-10-7-5-6-8(2)11(10)9(3)12/h5,7-8,10-11H,4,6H2,1-3H3/t8-,10-,11+/m0/s1. The molecule has 1 heteroatoms. The first-order chi connectivity index (χ1) is 5.66. The van der Waals surface area contributed by atoms with E-state index in [1.54, 1.807) is 6.92 Å². The van der Waals surface area contributed by atoms with Gasteiger partial charge in [-0.05, 0) is 31.6 Å². The van der Waals surface area contributed by atoms with Crippen LogP contribution in [0.5, 0.6) is 0 Å². The van der Waals surface area contributed by atoms with Crippen LogP contribution in [0.3, 0.4) is 0 Å². The maximum absolute atomic E-state index is 11.3.